The highest BCUT2D eigenvalue weighted by Gasteiger charge is 2.40. The molecule has 0 bridgehead atoms. The summed E-state index contributed by atoms with van der Waals surface area (Å²) in [5, 5.41) is 23.9. The summed E-state index contributed by atoms with van der Waals surface area (Å²) in [7, 11) is 0. The average Bonchev–Trinajstić information content (AvgIpc) is 2.39. The zero-order chi connectivity index (χ0) is 14.2. The number of rotatable bonds is 4. The minimum atomic E-state index is -0.776. The van der Waals surface area contributed by atoms with Crippen molar-refractivity contribution < 1.29 is 15.0 Å². The maximum Gasteiger partial charge on any atom is 0.304 e. The van der Waals surface area contributed by atoms with E-state index < -0.39 is 5.97 Å². The number of carboxylic acid groups (broad SMARTS) is 1. The van der Waals surface area contributed by atoms with Gasteiger partial charge in [-0.1, -0.05) is 24.3 Å². The molecule has 1 fully saturated rings. The average molecular weight is 289 g/mol. The van der Waals surface area contributed by atoms with Crippen LogP contribution in [-0.4, -0.2) is 34.0 Å². The van der Waals surface area contributed by atoms with Crippen molar-refractivity contribution in [2.45, 2.75) is 16.1 Å². The van der Waals surface area contributed by atoms with E-state index in [1.165, 1.54) is 0 Å². The molecule has 3 N–H and O–H groups in total. The van der Waals surface area contributed by atoms with Gasteiger partial charge in [0.15, 0.2) is 0 Å². The summed E-state index contributed by atoms with van der Waals surface area (Å²) in [5.41, 5.74) is 0. The first-order valence-electron chi connectivity index (χ1n) is 6.42. The Bertz CT molecular complexity index is 667. The van der Waals surface area contributed by atoms with E-state index in [1.54, 1.807) is 17.8 Å². The lowest BCUT2D eigenvalue weighted by Crippen LogP contribution is -2.57. The van der Waals surface area contributed by atoms with Crippen molar-refractivity contribution in [3.8, 4) is 5.75 Å². The van der Waals surface area contributed by atoms with Gasteiger partial charge in [0.1, 0.15) is 5.75 Å². The van der Waals surface area contributed by atoms with E-state index in [-0.39, 0.29) is 16.9 Å². The van der Waals surface area contributed by atoms with Crippen LogP contribution in [0.1, 0.15) is 6.42 Å². The van der Waals surface area contributed by atoms with E-state index in [0.717, 1.165) is 15.7 Å². The SMILES string of the molecule is O=C(O)CC1(Sc2ccc(O)c3ccccc23)CNC1. The molecule has 0 unspecified atom stereocenters. The van der Waals surface area contributed by atoms with Crippen LogP contribution in [0.5, 0.6) is 5.75 Å². The van der Waals surface area contributed by atoms with Gasteiger partial charge in [-0.3, -0.25) is 4.79 Å². The zero-order valence-corrected chi connectivity index (χ0v) is 11.6. The third-order valence-corrected chi connectivity index (χ3v) is 5.00. The molecule has 0 aliphatic carbocycles. The molecule has 1 heterocycles. The summed E-state index contributed by atoms with van der Waals surface area (Å²) in [5.74, 6) is -0.522. The Morgan fingerprint density at radius 3 is 2.50 bits per heavy atom. The van der Waals surface area contributed by atoms with Gasteiger partial charge in [-0.15, -0.1) is 11.8 Å². The monoisotopic (exact) mass is 289 g/mol. The van der Waals surface area contributed by atoms with Gasteiger partial charge < -0.3 is 15.5 Å². The Morgan fingerprint density at radius 1 is 1.20 bits per heavy atom. The standard InChI is InChI=1S/C15H15NO3S/c17-12-5-6-13(11-4-2-1-3-10(11)12)20-15(7-14(18)19)8-16-9-15/h1-6,16-17H,7-9H2,(H,18,19). The van der Waals surface area contributed by atoms with E-state index in [1.807, 2.05) is 30.3 Å². The first-order chi connectivity index (χ1) is 9.60. The van der Waals surface area contributed by atoms with Crippen LogP contribution in [0.25, 0.3) is 10.8 Å². The number of hydrogen-bond donors (Lipinski definition) is 3. The Balaban J connectivity index is 1.98. The molecule has 1 aliphatic rings. The molecule has 104 valence electrons. The largest absolute Gasteiger partial charge is 0.507 e. The molecule has 0 spiro atoms. The maximum atomic E-state index is 11.0. The topological polar surface area (TPSA) is 69.6 Å². The minimum absolute atomic E-state index is 0.139. The zero-order valence-electron chi connectivity index (χ0n) is 10.8. The molecular weight excluding hydrogens is 274 g/mol. The maximum absolute atomic E-state index is 11.0. The molecule has 5 heteroatoms. The van der Waals surface area contributed by atoms with E-state index in [2.05, 4.69) is 5.32 Å². The van der Waals surface area contributed by atoms with Crippen LogP contribution < -0.4 is 5.32 Å². The lowest BCUT2D eigenvalue weighted by atomic mass is 9.98. The van der Waals surface area contributed by atoms with Crippen LogP contribution in [-0.2, 0) is 4.79 Å². The summed E-state index contributed by atoms with van der Waals surface area (Å²) >= 11 is 1.59. The summed E-state index contributed by atoms with van der Waals surface area (Å²) in [6.07, 6.45) is 0.139. The predicted octanol–water partition coefficient (Wildman–Crippen LogP) is 2.45. The number of nitrogens with one attached hydrogen (secondary N) is 1. The molecule has 0 aromatic heterocycles. The summed E-state index contributed by atoms with van der Waals surface area (Å²) in [4.78, 5) is 12.0. The third kappa shape index (κ3) is 2.34. The normalized spacial score (nSPS) is 16.8. The predicted molar refractivity (Wildman–Crippen MR) is 79.3 cm³/mol. The van der Waals surface area contributed by atoms with Gasteiger partial charge in [0.05, 0.1) is 11.2 Å². The summed E-state index contributed by atoms with van der Waals surface area (Å²) < 4.78 is -0.286. The molecule has 2 aromatic carbocycles. The molecule has 4 nitrogen and oxygen atoms in total. The molecule has 0 atom stereocenters. The summed E-state index contributed by atoms with van der Waals surface area (Å²) in [6.45, 7) is 1.39. The van der Waals surface area contributed by atoms with Crippen molar-refractivity contribution in [3.05, 3.63) is 36.4 Å². The van der Waals surface area contributed by atoms with E-state index in [9.17, 15) is 9.90 Å². The fraction of sp³-hybridized carbons (Fsp3) is 0.267. The Morgan fingerprint density at radius 2 is 1.90 bits per heavy atom. The minimum Gasteiger partial charge on any atom is -0.507 e. The van der Waals surface area contributed by atoms with Crippen molar-refractivity contribution in [2.24, 2.45) is 0 Å². The Kier molecular flexibility index (Phi) is 3.31. The highest BCUT2D eigenvalue weighted by Crippen LogP contribution is 2.43. The fourth-order valence-electron chi connectivity index (χ4n) is 2.49. The highest BCUT2D eigenvalue weighted by molar-refractivity contribution is 8.01. The van der Waals surface area contributed by atoms with Gasteiger partial charge in [-0.05, 0) is 17.5 Å². The molecule has 0 radical (unpaired) electrons. The Labute approximate surface area is 120 Å². The lowest BCUT2D eigenvalue weighted by Gasteiger charge is -2.41. The number of fused-ring (bicyclic) bond motifs is 1. The molecular formula is C15H15NO3S. The van der Waals surface area contributed by atoms with Crippen LogP contribution in [0.2, 0.25) is 0 Å². The smallest absolute Gasteiger partial charge is 0.304 e. The van der Waals surface area contributed by atoms with Crippen LogP contribution in [0.3, 0.4) is 0 Å². The molecule has 1 aliphatic heterocycles. The van der Waals surface area contributed by atoms with Crippen LogP contribution >= 0.6 is 11.8 Å². The molecule has 3 rings (SSSR count). The fourth-order valence-corrected chi connectivity index (χ4v) is 3.93. The van der Waals surface area contributed by atoms with Gasteiger partial charge in [0, 0.05) is 23.4 Å². The van der Waals surface area contributed by atoms with Crippen LogP contribution in [0.4, 0.5) is 0 Å². The quantitative estimate of drug-likeness (QED) is 0.806. The van der Waals surface area contributed by atoms with Gasteiger partial charge in [0.2, 0.25) is 0 Å². The second kappa shape index (κ2) is 5.00. The molecule has 1 saturated heterocycles. The third-order valence-electron chi connectivity index (χ3n) is 3.56. The number of phenolic OH excluding ortho intramolecular Hbond substituents is 1. The van der Waals surface area contributed by atoms with Crippen molar-refractivity contribution in [1.82, 2.24) is 5.32 Å². The van der Waals surface area contributed by atoms with Gasteiger partial charge in [-0.2, -0.15) is 0 Å². The number of aliphatic carboxylic acids is 1. The number of benzene rings is 2. The number of thioether (sulfide) groups is 1. The molecule has 0 amide bonds. The number of carbonyl (C=O) groups is 1. The first kappa shape index (κ1) is 13.3. The molecule has 2 aromatic rings. The van der Waals surface area contributed by atoms with E-state index in [4.69, 9.17) is 5.11 Å². The van der Waals surface area contributed by atoms with Gasteiger partial charge in [-0.25, -0.2) is 0 Å². The van der Waals surface area contributed by atoms with E-state index in [0.29, 0.717) is 13.1 Å². The van der Waals surface area contributed by atoms with Crippen molar-refractivity contribution >= 4 is 28.5 Å². The second-order valence-corrected chi connectivity index (χ2v) is 6.60. The first-order valence-corrected chi connectivity index (χ1v) is 7.24. The number of hydrogen-bond acceptors (Lipinski definition) is 4. The van der Waals surface area contributed by atoms with E-state index >= 15 is 0 Å². The second-order valence-electron chi connectivity index (χ2n) is 5.09. The Hall–Kier alpha value is -1.72. The van der Waals surface area contributed by atoms with Crippen molar-refractivity contribution in [2.75, 3.05) is 13.1 Å². The van der Waals surface area contributed by atoms with Crippen molar-refractivity contribution in [3.63, 3.8) is 0 Å². The van der Waals surface area contributed by atoms with Crippen molar-refractivity contribution in [1.29, 1.82) is 0 Å². The highest BCUT2D eigenvalue weighted by atomic mass is 32.2. The van der Waals surface area contributed by atoms with Crippen LogP contribution in [0, 0.1) is 0 Å². The number of carboxylic acids is 1. The van der Waals surface area contributed by atoms with Gasteiger partial charge in [0.25, 0.3) is 0 Å². The molecule has 0 saturated carbocycles. The van der Waals surface area contributed by atoms with Gasteiger partial charge >= 0.3 is 5.97 Å². The lowest BCUT2D eigenvalue weighted by molar-refractivity contribution is -0.138. The number of phenols is 1. The van der Waals surface area contributed by atoms with Crippen LogP contribution in [0.15, 0.2) is 41.3 Å². The number of aromatic hydroxyl groups is 1. The summed E-state index contributed by atoms with van der Waals surface area (Å²) in [6, 6.07) is 11.2. The molecule has 20 heavy (non-hydrogen) atoms.